The third kappa shape index (κ3) is 17.0. The number of alkyl carbamates (subject to hydrolysis) is 2. The molecule has 2 unspecified atom stereocenters. The van der Waals surface area contributed by atoms with Gasteiger partial charge in [0, 0.05) is 25.9 Å². The van der Waals surface area contributed by atoms with Gasteiger partial charge in [-0.3, -0.25) is 19.2 Å². The van der Waals surface area contributed by atoms with E-state index in [4.69, 9.17) is 14.2 Å². The second kappa shape index (κ2) is 27.1. The van der Waals surface area contributed by atoms with Crippen LogP contribution in [-0.4, -0.2) is 111 Å². The van der Waals surface area contributed by atoms with E-state index < -0.39 is 41.4 Å². The minimum atomic E-state index is -1.01. The van der Waals surface area contributed by atoms with E-state index in [9.17, 15) is 33.9 Å². The average Bonchev–Trinajstić information content (AvgIpc) is 3.87. The Morgan fingerprint density at radius 2 is 1.04 bits per heavy atom. The number of carbonyl (C=O) groups is 6. The molecule has 0 saturated heterocycles. The van der Waals surface area contributed by atoms with Crippen molar-refractivity contribution in [1.29, 1.82) is 0 Å². The van der Waals surface area contributed by atoms with Crippen LogP contribution in [-0.2, 0) is 46.2 Å². The Hall–Kier alpha value is -5.10. The molecule has 4 atom stereocenters. The largest absolute Gasteiger partial charge is 1.00 e. The zero-order valence-electron chi connectivity index (χ0n) is 46.1. The number of amides is 4. The van der Waals surface area contributed by atoms with E-state index in [1.54, 1.807) is 41.5 Å². The molecule has 2 aromatic rings. The van der Waals surface area contributed by atoms with E-state index in [2.05, 4.69) is 80.8 Å². The predicted molar refractivity (Wildman–Crippen MR) is 281 cm³/mol. The Morgan fingerprint density at radius 3 is 1.43 bits per heavy atom. The Balaban J connectivity index is 0.000000316. The molecule has 2 heterocycles. The molecule has 1 saturated carbocycles. The van der Waals surface area contributed by atoms with E-state index >= 15 is 0 Å². The number of esters is 1. The van der Waals surface area contributed by atoms with Crippen LogP contribution < -0.4 is 29.5 Å². The van der Waals surface area contributed by atoms with Crippen LogP contribution in [0.25, 0.3) is 11.1 Å². The van der Waals surface area contributed by atoms with Crippen LogP contribution in [0.1, 0.15) is 175 Å². The van der Waals surface area contributed by atoms with Gasteiger partial charge in [-0.1, -0.05) is 82.6 Å². The Bertz CT molecular complexity index is 2360. The SMILES string of the molecule is CC(C)CC1C2=C(CCN1C(=O)[C@@H](CCC(=O)O)NC(=O)OC(C)(C)C)c1ccccc1C2.CC(C)CC1C2=C(CCN1C(=O)[C@@H](CCC(=O)OC1CCCCC1)NC(=O)OC(C)(C)C)c1ccccc1C2.[Li+].[OH-]. The van der Waals surface area contributed by atoms with Crippen molar-refractivity contribution in [3.63, 3.8) is 0 Å². The van der Waals surface area contributed by atoms with Gasteiger partial charge in [-0.2, -0.15) is 0 Å². The maximum Gasteiger partial charge on any atom is 1.00 e. The molecule has 4 N–H and O–H groups in total. The molecule has 4 amide bonds. The summed E-state index contributed by atoms with van der Waals surface area (Å²) in [5, 5.41) is 14.6. The predicted octanol–water partition coefficient (Wildman–Crippen LogP) is 7.42. The van der Waals surface area contributed by atoms with Crippen molar-refractivity contribution in [2.24, 2.45) is 11.8 Å². The number of fused-ring (bicyclic) bond motifs is 4. The molecule has 2 aliphatic heterocycles. The van der Waals surface area contributed by atoms with Crippen molar-refractivity contribution in [3.05, 3.63) is 81.9 Å². The number of ether oxygens (including phenoxy) is 3. The molecular formula is C58H83LiN4O11. The number of carboxylic acid groups (broad SMARTS) is 1. The van der Waals surface area contributed by atoms with E-state index in [0.717, 1.165) is 64.2 Å². The first-order chi connectivity index (χ1) is 34.0. The monoisotopic (exact) mass is 1020 g/mol. The maximum absolute atomic E-state index is 14.1. The topological polar surface area (TPSA) is 211 Å². The molecule has 16 heteroatoms. The van der Waals surface area contributed by atoms with Gasteiger partial charge in [0.05, 0.1) is 12.1 Å². The smallest absolute Gasteiger partial charge is 0.870 e. The maximum atomic E-state index is 14.1. The van der Waals surface area contributed by atoms with Crippen molar-refractivity contribution in [2.75, 3.05) is 13.1 Å². The van der Waals surface area contributed by atoms with E-state index in [1.807, 2.05) is 15.9 Å². The molecule has 0 spiro atoms. The van der Waals surface area contributed by atoms with Crippen molar-refractivity contribution in [3.8, 4) is 0 Å². The zero-order valence-corrected chi connectivity index (χ0v) is 46.1. The number of carbonyl (C=O) groups excluding carboxylic acids is 5. The van der Waals surface area contributed by atoms with Gasteiger partial charge in [-0.05, 0) is 175 Å². The van der Waals surface area contributed by atoms with Crippen molar-refractivity contribution in [2.45, 2.75) is 207 Å². The summed E-state index contributed by atoms with van der Waals surface area (Å²) in [5.74, 6) is -0.942. The van der Waals surface area contributed by atoms with Gasteiger partial charge in [0.1, 0.15) is 29.4 Å². The molecule has 1 fully saturated rings. The molecule has 402 valence electrons. The number of nitrogens with zero attached hydrogens (tertiary/aromatic N) is 2. The number of rotatable bonds is 15. The number of benzene rings is 2. The minimum absolute atomic E-state index is 0. The summed E-state index contributed by atoms with van der Waals surface area (Å²) in [6.07, 6.45) is 8.68. The standard InChI is InChI=1S/C32H46N2O5.C26H36N2O5.Li.H2O/c1-21(2)19-28-26-20-22-11-9-10-14-24(22)25(26)17-18-34(28)30(36)27(33-31(37)39-32(3,4)5)15-16-29(35)38-23-12-7-6-8-13-23;1-16(2)14-22-20-15-17-8-6-7-9-18(17)19(20)12-13-28(22)24(31)21(10-11-23(29)30)27-25(32)33-26(3,4)5;;/h9-11,14,21,23,27-28H,6-8,12-13,15-20H2,1-5H3,(H,33,37);6-9,16,21-22H,10-15H2,1-5H3,(H,27,32)(H,29,30);;1H2/q;;+1;/p-1/t27-,28?;21-,22?;;/m11../s1. The summed E-state index contributed by atoms with van der Waals surface area (Å²) >= 11 is 0. The van der Waals surface area contributed by atoms with Crippen LogP contribution >= 0.6 is 0 Å². The summed E-state index contributed by atoms with van der Waals surface area (Å²) in [5.41, 5.74) is 9.08. The van der Waals surface area contributed by atoms with Crippen LogP contribution in [0.3, 0.4) is 0 Å². The molecule has 0 aromatic heterocycles. The van der Waals surface area contributed by atoms with Crippen molar-refractivity contribution in [1.82, 2.24) is 20.4 Å². The molecule has 7 rings (SSSR count). The first kappa shape index (κ1) is 61.4. The third-order valence-electron chi connectivity index (χ3n) is 14.1. The summed E-state index contributed by atoms with van der Waals surface area (Å²) in [6.45, 7) is 20.4. The summed E-state index contributed by atoms with van der Waals surface area (Å²) < 4.78 is 16.5. The zero-order chi connectivity index (χ0) is 52.5. The van der Waals surface area contributed by atoms with E-state index in [1.165, 1.54) is 51.0 Å². The van der Waals surface area contributed by atoms with Gasteiger partial charge in [-0.15, -0.1) is 0 Å². The van der Waals surface area contributed by atoms with Gasteiger partial charge in [0.2, 0.25) is 11.8 Å². The quantitative estimate of drug-likeness (QED) is 0.0908. The normalized spacial score (nSPS) is 19.0. The van der Waals surface area contributed by atoms with Gasteiger partial charge < -0.3 is 45.2 Å². The Labute approximate surface area is 451 Å². The van der Waals surface area contributed by atoms with Crippen LogP contribution in [0, 0.1) is 11.8 Å². The molecule has 3 aliphatic carbocycles. The van der Waals surface area contributed by atoms with Crippen LogP contribution in [0.4, 0.5) is 9.59 Å². The van der Waals surface area contributed by atoms with Gasteiger partial charge in [0.25, 0.3) is 0 Å². The molecular weight excluding hydrogens is 936 g/mol. The average molecular weight is 1020 g/mol. The molecule has 2 aromatic carbocycles. The molecule has 15 nitrogen and oxygen atoms in total. The van der Waals surface area contributed by atoms with Crippen molar-refractivity contribution < 1.29 is 72.4 Å². The van der Waals surface area contributed by atoms with Gasteiger partial charge in [0.15, 0.2) is 0 Å². The number of hydrogen-bond acceptors (Lipinski definition) is 10. The number of nitrogens with one attached hydrogen (secondary N) is 2. The fourth-order valence-corrected chi connectivity index (χ4v) is 11.0. The van der Waals surface area contributed by atoms with E-state index in [-0.39, 0.29) is 86.0 Å². The molecule has 0 radical (unpaired) electrons. The first-order valence-electron chi connectivity index (χ1n) is 26.6. The summed E-state index contributed by atoms with van der Waals surface area (Å²) in [6, 6.07) is 15.0. The summed E-state index contributed by atoms with van der Waals surface area (Å²) in [7, 11) is 0. The number of carboxylic acids is 1. The fourth-order valence-electron chi connectivity index (χ4n) is 11.0. The van der Waals surface area contributed by atoms with Crippen LogP contribution in [0.2, 0.25) is 0 Å². The first-order valence-corrected chi connectivity index (χ1v) is 26.6. The molecule has 0 bridgehead atoms. The van der Waals surface area contributed by atoms with Crippen molar-refractivity contribution >= 4 is 47.1 Å². The van der Waals surface area contributed by atoms with Crippen LogP contribution in [0.5, 0.6) is 0 Å². The van der Waals surface area contributed by atoms with Gasteiger partial charge in [-0.25, -0.2) is 9.59 Å². The molecule has 74 heavy (non-hydrogen) atoms. The minimum Gasteiger partial charge on any atom is -0.870 e. The molecule has 5 aliphatic rings. The number of hydrogen-bond donors (Lipinski definition) is 3. The van der Waals surface area contributed by atoms with Crippen LogP contribution in [0.15, 0.2) is 59.7 Å². The second-order valence-corrected chi connectivity index (χ2v) is 23.1. The Morgan fingerprint density at radius 1 is 0.635 bits per heavy atom. The fraction of sp³-hybridized carbons (Fsp3) is 0.621. The number of aliphatic carboxylic acids is 1. The van der Waals surface area contributed by atoms with E-state index in [0.29, 0.717) is 24.9 Å². The second-order valence-electron chi connectivity index (χ2n) is 23.1. The van der Waals surface area contributed by atoms with Gasteiger partial charge >= 0.3 is 43.0 Å². The Kier molecular flexibility index (Phi) is 22.5. The third-order valence-corrected chi connectivity index (χ3v) is 14.1. The summed E-state index contributed by atoms with van der Waals surface area (Å²) in [4.78, 5) is 80.8.